The first-order valence-electron chi connectivity index (χ1n) is 11.9. The third-order valence-corrected chi connectivity index (χ3v) is 8.02. The van der Waals surface area contributed by atoms with Crippen molar-refractivity contribution in [1.29, 1.82) is 0 Å². The van der Waals surface area contributed by atoms with Gasteiger partial charge < -0.3 is 10.1 Å². The number of fused-ring (bicyclic) bond motifs is 1. The van der Waals surface area contributed by atoms with E-state index < -0.39 is 0 Å². The highest BCUT2D eigenvalue weighted by molar-refractivity contribution is 7.99. The maximum Gasteiger partial charge on any atom is 0.278 e. The summed E-state index contributed by atoms with van der Waals surface area (Å²) in [4.78, 5) is 31.5. The first kappa shape index (κ1) is 25.9. The molecule has 2 aromatic heterocycles. The minimum atomic E-state index is -0.223. The number of thiazole rings is 1. The Morgan fingerprint density at radius 1 is 1.03 bits per heavy atom. The topological polar surface area (TPSA) is 78.2 Å². The minimum absolute atomic E-state index is 0.0627. The van der Waals surface area contributed by atoms with Gasteiger partial charge in [0.15, 0.2) is 14.8 Å². The molecule has 5 aromatic rings. The molecular formula is C28H24N4O3S3. The van der Waals surface area contributed by atoms with Crippen molar-refractivity contribution in [2.45, 2.75) is 19.0 Å². The van der Waals surface area contributed by atoms with Gasteiger partial charge in [0.2, 0.25) is 5.91 Å². The van der Waals surface area contributed by atoms with E-state index in [4.69, 9.17) is 21.9 Å². The van der Waals surface area contributed by atoms with Crippen LogP contribution in [-0.4, -0.2) is 32.4 Å². The first-order valence-corrected chi connectivity index (χ1v) is 14.1. The minimum Gasteiger partial charge on any atom is -0.494 e. The number of ether oxygens (including phenoxy) is 1. The summed E-state index contributed by atoms with van der Waals surface area (Å²) in [7, 11) is 0. The predicted molar refractivity (Wildman–Crippen MR) is 157 cm³/mol. The van der Waals surface area contributed by atoms with Crippen LogP contribution in [0.4, 0.5) is 5.69 Å². The van der Waals surface area contributed by atoms with Crippen molar-refractivity contribution in [3.63, 3.8) is 0 Å². The van der Waals surface area contributed by atoms with Gasteiger partial charge in [0.05, 0.1) is 23.7 Å². The van der Waals surface area contributed by atoms with Gasteiger partial charge >= 0.3 is 0 Å². The predicted octanol–water partition coefficient (Wildman–Crippen LogP) is 6.41. The van der Waals surface area contributed by atoms with E-state index in [1.165, 1.54) is 23.1 Å². The maximum absolute atomic E-state index is 13.8. The molecule has 0 aliphatic heterocycles. The van der Waals surface area contributed by atoms with Crippen LogP contribution in [-0.2, 0) is 4.79 Å². The second-order valence-electron chi connectivity index (χ2n) is 8.31. The number of aromatic nitrogens is 3. The Morgan fingerprint density at radius 2 is 1.74 bits per heavy atom. The number of rotatable bonds is 8. The normalized spacial score (nSPS) is 11.0. The van der Waals surface area contributed by atoms with Crippen LogP contribution in [0.5, 0.6) is 5.75 Å². The summed E-state index contributed by atoms with van der Waals surface area (Å²) in [6.07, 6.45) is 0. The summed E-state index contributed by atoms with van der Waals surface area (Å²) in [6.45, 7) is 4.48. The van der Waals surface area contributed by atoms with E-state index in [0.717, 1.165) is 17.0 Å². The number of thioether (sulfide) groups is 1. The summed E-state index contributed by atoms with van der Waals surface area (Å²) in [6, 6.07) is 24.3. The Balaban J connectivity index is 1.53. The largest absolute Gasteiger partial charge is 0.494 e. The lowest BCUT2D eigenvalue weighted by molar-refractivity contribution is -0.113. The Labute approximate surface area is 232 Å². The van der Waals surface area contributed by atoms with Crippen molar-refractivity contribution in [2.24, 2.45) is 0 Å². The highest BCUT2D eigenvalue weighted by atomic mass is 32.2. The fourth-order valence-corrected chi connectivity index (χ4v) is 6.09. The molecule has 192 valence electrons. The molecule has 0 fully saturated rings. The lowest BCUT2D eigenvalue weighted by atomic mass is 10.2. The van der Waals surface area contributed by atoms with Gasteiger partial charge in [-0.3, -0.25) is 18.7 Å². The number of carbonyl (C=O) groups excluding carboxylic acids is 1. The quantitative estimate of drug-likeness (QED) is 0.134. The van der Waals surface area contributed by atoms with Crippen molar-refractivity contribution < 1.29 is 9.53 Å². The Bertz CT molecular complexity index is 1730. The van der Waals surface area contributed by atoms with Gasteiger partial charge in [-0.15, -0.1) is 0 Å². The molecule has 0 unspecified atom stereocenters. The smallest absolute Gasteiger partial charge is 0.278 e. The zero-order valence-corrected chi connectivity index (χ0v) is 23.2. The fourth-order valence-electron chi connectivity index (χ4n) is 3.99. The van der Waals surface area contributed by atoms with Crippen LogP contribution in [0.1, 0.15) is 12.5 Å². The maximum atomic E-state index is 13.8. The van der Waals surface area contributed by atoms with E-state index in [1.807, 2.05) is 85.1 Å². The third-order valence-electron chi connectivity index (χ3n) is 5.73. The first-order chi connectivity index (χ1) is 18.5. The number of amides is 1. The van der Waals surface area contributed by atoms with Crippen molar-refractivity contribution >= 4 is 57.3 Å². The molecule has 0 atom stereocenters. The molecule has 0 aliphatic rings. The van der Waals surface area contributed by atoms with E-state index in [2.05, 4.69) is 5.32 Å². The van der Waals surface area contributed by atoms with Crippen LogP contribution >= 0.6 is 35.3 Å². The molecule has 1 amide bonds. The van der Waals surface area contributed by atoms with E-state index in [1.54, 1.807) is 16.7 Å². The summed E-state index contributed by atoms with van der Waals surface area (Å²) in [5.74, 6) is 0.588. The van der Waals surface area contributed by atoms with E-state index in [-0.39, 0.29) is 17.2 Å². The average Bonchev–Trinajstić information content (AvgIpc) is 3.25. The number of hydrogen-bond acceptors (Lipinski definition) is 7. The van der Waals surface area contributed by atoms with Gasteiger partial charge in [-0.25, -0.2) is 4.98 Å². The van der Waals surface area contributed by atoms with E-state index in [9.17, 15) is 9.59 Å². The van der Waals surface area contributed by atoms with Gasteiger partial charge in [0, 0.05) is 5.69 Å². The fraction of sp³-hybridized carbons (Fsp3) is 0.143. The van der Waals surface area contributed by atoms with E-state index in [0.29, 0.717) is 37.4 Å². The van der Waals surface area contributed by atoms with Crippen molar-refractivity contribution in [3.8, 4) is 17.1 Å². The van der Waals surface area contributed by atoms with Crippen molar-refractivity contribution in [2.75, 3.05) is 17.7 Å². The Hall–Kier alpha value is -3.73. The standard InChI is InChI=1S/C28H24N4O3S3/c1-3-35-21-15-13-19(14-16-21)29-23(33)17-37-27-30-25-24(26(34)31(27)20-10-5-4-6-11-20)38-28(36)32(25)22-12-8-7-9-18(22)2/h4-16H,3,17H2,1-2H3,(H,29,33). The molecule has 38 heavy (non-hydrogen) atoms. The van der Waals surface area contributed by atoms with Crippen LogP contribution in [0.15, 0.2) is 88.8 Å². The number of hydrogen-bond donors (Lipinski definition) is 1. The molecule has 0 aliphatic carbocycles. The van der Waals surface area contributed by atoms with Crippen LogP contribution in [0.25, 0.3) is 21.7 Å². The molecule has 5 rings (SSSR count). The summed E-state index contributed by atoms with van der Waals surface area (Å²) in [5.41, 5.74) is 3.48. The monoisotopic (exact) mass is 560 g/mol. The van der Waals surface area contributed by atoms with Gasteiger partial charge in [0.25, 0.3) is 5.56 Å². The van der Waals surface area contributed by atoms with Crippen molar-refractivity contribution in [3.05, 3.63) is 98.7 Å². The third kappa shape index (κ3) is 5.28. The molecule has 10 heteroatoms. The molecule has 3 aromatic carbocycles. The lowest BCUT2D eigenvalue weighted by Crippen LogP contribution is -2.22. The number of nitrogens with zero attached hydrogens (tertiary/aromatic N) is 3. The molecule has 0 saturated carbocycles. The van der Waals surface area contributed by atoms with Gasteiger partial charge in [-0.05, 0) is 74.1 Å². The molecule has 0 radical (unpaired) electrons. The van der Waals surface area contributed by atoms with Gasteiger partial charge in [-0.2, -0.15) is 0 Å². The van der Waals surface area contributed by atoms with Gasteiger partial charge in [0.1, 0.15) is 10.4 Å². The molecule has 7 nitrogen and oxygen atoms in total. The molecule has 0 saturated heterocycles. The molecule has 0 bridgehead atoms. The molecule has 2 heterocycles. The summed E-state index contributed by atoms with van der Waals surface area (Å²) < 4.78 is 9.84. The lowest BCUT2D eigenvalue weighted by Gasteiger charge is -2.13. The molecule has 0 spiro atoms. The Morgan fingerprint density at radius 3 is 2.45 bits per heavy atom. The number of carbonyl (C=O) groups is 1. The highest BCUT2D eigenvalue weighted by Crippen LogP contribution is 2.28. The zero-order valence-electron chi connectivity index (χ0n) is 20.7. The average molecular weight is 561 g/mol. The number of aryl methyl sites for hydroxylation is 1. The SMILES string of the molecule is CCOc1ccc(NC(=O)CSc2nc3c(sc(=S)n3-c3ccccc3C)c(=O)n2-c2ccccc2)cc1. The number of anilines is 1. The summed E-state index contributed by atoms with van der Waals surface area (Å²) >= 11 is 8.12. The number of nitrogens with one attached hydrogen (secondary N) is 1. The van der Waals surface area contributed by atoms with Gasteiger partial charge in [-0.1, -0.05) is 59.5 Å². The molecule has 1 N–H and O–H groups in total. The Kier molecular flexibility index (Phi) is 7.73. The van der Waals surface area contributed by atoms with Crippen LogP contribution in [0.2, 0.25) is 0 Å². The number of benzene rings is 3. The van der Waals surface area contributed by atoms with Crippen LogP contribution in [0, 0.1) is 10.9 Å². The van der Waals surface area contributed by atoms with Crippen molar-refractivity contribution in [1.82, 2.24) is 14.1 Å². The second kappa shape index (κ2) is 11.3. The van der Waals surface area contributed by atoms with E-state index >= 15 is 0 Å². The number of para-hydroxylation sites is 2. The zero-order chi connectivity index (χ0) is 26.6. The second-order valence-corrected chi connectivity index (χ2v) is 10.9. The highest BCUT2D eigenvalue weighted by Gasteiger charge is 2.20. The molecular weight excluding hydrogens is 537 g/mol. The van der Waals surface area contributed by atoms with Crippen LogP contribution < -0.4 is 15.6 Å². The summed E-state index contributed by atoms with van der Waals surface area (Å²) in [5, 5.41) is 3.30. The van der Waals surface area contributed by atoms with Crippen LogP contribution in [0.3, 0.4) is 0 Å².